The third kappa shape index (κ3) is 2.23. The fraction of sp³-hybridized carbons (Fsp3) is 0. The Morgan fingerprint density at radius 3 is 1.94 bits per heavy atom. The van der Waals surface area contributed by atoms with E-state index in [1.54, 1.807) is 0 Å². The van der Waals surface area contributed by atoms with E-state index in [0.717, 1.165) is 11.1 Å². The molecule has 0 aliphatic heterocycles. The van der Waals surface area contributed by atoms with Gasteiger partial charge >= 0.3 is 0 Å². The zero-order valence-corrected chi connectivity index (χ0v) is 8.93. The quantitative estimate of drug-likeness (QED) is 0.591. The first-order valence-electron chi connectivity index (χ1n) is 5.14. The lowest BCUT2D eigenvalue weighted by Gasteiger charge is -2.03. The SMILES string of the molecule is Nc1cccc(N)c1/C=C\c1ccccc1. The lowest BCUT2D eigenvalue weighted by atomic mass is 10.1. The summed E-state index contributed by atoms with van der Waals surface area (Å²) in [5.41, 5.74) is 15.1. The van der Waals surface area contributed by atoms with Gasteiger partial charge in [-0.3, -0.25) is 0 Å². The molecule has 0 aromatic heterocycles. The van der Waals surface area contributed by atoms with E-state index in [-0.39, 0.29) is 0 Å². The van der Waals surface area contributed by atoms with Crippen LogP contribution < -0.4 is 11.5 Å². The molecule has 0 aliphatic carbocycles. The summed E-state index contributed by atoms with van der Waals surface area (Å²) in [6, 6.07) is 15.6. The van der Waals surface area contributed by atoms with Crippen LogP contribution >= 0.6 is 0 Å². The number of hydrogen-bond acceptors (Lipinski definition) is 2. The predicted molar refractivity (Wildman–Crippen MR) is 70.6 cm³/mol. The summed E-state index contributed by atoms with van der Waals surface area (Å²) in [6.45, 7) is 0. The maximum Gasteiger partial charge on any atom is 0.0408 e. The molecule has 0 spiro atoms. The van der Waals surface area contributed by atoms with Crippen molar-refractivity contribution in [3.63, 3.8) is 0 Å². The van der Waals surface area contributed by atoms with Gasteiger partial charge in [0.15, 0.2) is 0 Å². The number of hydrogen-bond donors (Lipinski definition) is 2. The molecular formula is C14H14N2. The van der Waals surface area contributed by atoms with E-state index < -0.39 is 0 Å². The molecule has 0 bridgehead atoms. The summed E-state index contributed by atoms with van der Waals surface area (Å²) in [7, 11) is 0. The molecule has 2 aromatic rings. The minimum atomic E-state index is 0.701. The van der Waals surface area contributed by atoms with Gasteiger partial charge in [-0.15, -0.1) is 0 Å². The molecule has 0 saturated heterocycles. The minimum Gasteiger partial charge on any atom is -0.398 e. The summed E-state index contributed by atoms with van der Waals surface area (Å²) in [5.74, 6) is 0. The Morgan fingerprint density at radius 1 is 0.688 bits per heavy atom. The fourth-order valence-corrected chi connectivity index (χ4v) is 1.54. The zero-order chi connectivity index (χ0) is 11.4. The van der Waals surface area contributed by atoms with E-state index in [9.17, 15) is 0 Å². The van der Waals surface area contributed by atoms with Gasteiger partial charge in [0.1, 0.15) is 0 Å². The van der Waals surface area contributed by atoms with Gasteiger partial charge in [0.2, 0.25) is 0 Å². The highest BCUT2D eigenvalue weighted by Gasteiger charge is 1.98. The van der Waals surface area contributed by atoms with E-state index in [1.165, 1.54) is 0 Å². The van der Waals surface area contributed by atoms with Gasteiger partial charge in [-0.2, -0.15) is 0 Å². The van der Waals surface area contributed by atoms with Crippen molar-refractivity contribution in [2.75, 3.05) is 11.5 Å². The molecule has 0 amide bonds. The van der Waals surface area contributed by atoms with Crippen LogP contribution in [0.5, 0.6) is 0 Å². The second-order valence-electron chi connectivity index (χ2n) is 3.59. The summed E-state index contributed by atoms with van der Waals surface area (Å²) >= 11 is 0. The molecule has 2 nitrogen and oxygen atoms in total. The lowest BCUT2D eigenvalue weighted by Crippen LogP contribution is -1.94. The molecule has 0 saturated carbocycles. The summed E-state index contributed by atoms with van der Waals surface area (Å²) in [5, 5.41) is 0. The molecule has 4 N–H and O–H groups in total. The number of benzene rings is 2. The molecule has 2 aromatic carbocycles. The fourth-order valence-electron chi connectivity index (χ4n) is 1.54. The van der Waals surface area contributed by atoms with Crippen molar-refractivity contribution in [3.05, 3.63) is 59.7 Å². The molecule has 0 heterocycles. The van der Waals surface area contributed by atoms with Crippen LogP contribution in [0.1, 0.15) is 11.1 Å². The first-order valence-corrected chi connectivity index (χ1v) is 5.14. The predicted octanol–water partition coefficient (Wildman–Crippen LogP) is 3.02. The van der Waals surface area contributed by atoms with Crippen LogP contribution in [0.3, 0.4) is 0 Å². The standard InChI is InChI=1S/C14H14N2/c15-13-7-4-8-14(16)12(13)10-9-11-5-2-1-3-6-11/h1-10H,15-16H2/b10-9-. The Labute approximate surface area is 95.2 Å². The molecule has 0 fully saturated rings. The normalized spacial score (nSPS) is 10.8. The van der Waals surface area contributed by atoms with E-state index in [1.807, 2.05) is 60.7 Å². The van der Waals surface area contributed by atoms with Crippen LogP contribution in [0.4, 0.5) is 11.4 Å². The van der Waals surface area contributed by atoms with Crippen LogP contribution in [0.15, 0.2) is 48.5 Å². The van der Waals surface area contributed by atoms with Crippen molar-refractivity contribution in [2.24, 2.45) is 0 Å². The summed E-state index contributed by atoms with van der Waals surface area (Å²) in [4.78, 5) is 0. The lowest BCUT2D eigenvalue weighted by molar-refractivity contribution is 1.62. The molecular weight excluding hydrogens is 196 g/mol. The van der Waals surface area contributed by atoms with Crippen LogP contribution in [0.25, 0.3) is 12.2 Å². The van der Waals surface area contributed by atoms with Crippen LogP contribution in [-0.4, -0.2) is 0 Å². The van der Waals surface area contributed by atoms with Gasteiger partial charge in [0, 0.05) is 16.9 Å². The van der Waals surface area contributed by atoms with Crippen molar-refractivity contribution in [3.8, 4) is 0 Å². The highest BCUT2D eigenvalue weighted by Crippen LogP contribution is 2.21. The van der Waals surface area contributed by atoms with Crippen molar-refractivity contribution in [1.29, 1.82) is 0 Å². The number of anilines is 2. The Balaban J connectivity index is 2.31. The van der Waals surface area contributed by atoms with E-state index in [2.05, 4.69) is 0 Å². The first kappa shape index (κ1) is 10.3. The van der Waals surface area contributed by atoms with Crippen molar-refractivity contribution in [2.45, 2.75) is 0 Å². The molecule has 16 heavy (non-hydrogen) atoms. The third-order valence-corrected chi connectivity index (χ3v) is 2.42. The molecule has 80 valence electrons. The molecule has 0 radical (unpaired) electrons. The van der Waals surface area contributed by atoms with Gasteiger partial charge < -0.3 is 11.5 Å². The monoisotopic (exact) mass is 210 g/mol. The summed E-state index contributed by atoms with van der Waals surface area (Å²) in [6.07, 6.45) is 3.95. The number of nitrogen functional groups attached to an aromatic ring is 2. The van der Waals surface area contributed by atoms with Crippen LogP contribution in [0.2, 0.25) is 0 Å². The maximum atomic E-state index is 5.85. The van der Waals surface area contributed by atoms with E-state index in [0.29, 0.717) is 11.4 Å². The second kappa shape index (κ2) is 4.53. The molecule has 0 aliphatic rings. The first-order chi connectivity index (χ1) is 7.77. The Kier molecular flexibility index (Phi) is 2.92. The van der Waals surface area contributed by atoms with E-state index >= 15 is 0 Å². The van der Waals surface area contributed by atoms with Crippen LogP contribution in [-0.2, 0) is 0 Å². The van der Waals surface area contributed by atoms with Crippen molar-refractivity contribution >= 4 is 23.5 Å². The van der Waals surface area contributed by atoms with E-state index in [4.69, 9.17) is 11.5 Å². The van der Waals surface area contributed by atoms with Gasteiger partial charge in [-0.25, -0.2) is 0 Å². The van der Waals surface area contributed by atoms with Gasteiger partial charge in [-0.1, -0.05) is 48.6 Å². The third-order valence-electron chi connectivity index (χ3n) is 2.42. The minimum absolute atomic E-state index is 0.701. The zero-order valence-electron chi connectivity index (χ0n) is 8.93. The van der Waals surface area contributed by atoms with Gasteiger partial charge in [0.05, 0.1) is 0 Å². The molecule has 2 rings (SSSR count). The largest absolute Gasteiger partial charge is 0.398 e. The Morgan fingerprint density at radius 2 is 1.31 bits per heavy atom. The number of nitrogens with two attached hydrogens (primary N) is 2. The average Bonchev–Trinajstić information content (AvgIpc) is 2.30. The van der Waals surface area contributed by atoms with Crippen molar-refractivity contribution in [1.82, 2.24) is 0 Å². The Bertz CT molecular complexity index is 481. The Hall–Kier alpha value is -2.22. The molecule has 0 atom stereocenters. The van der Waals surface area contributed by atoms with Gasteiger partial charge in [-0.05, 0) is 17.7 Å². The number of rotatable bonds is 2. The molecule has 0 unspecified atom stereocenters. The topological polar surface area (TPSA) is 52.0 Å². The van der Waals surface area contributed by atoms with Crippen molar-refractivity contribution < 1.29 is 0 Å². The highest BCUT2D eigenvalue weighted by atomic mass is 14.6. The smallest absolute Gasteiger partial charge is 0.0408 e. The maximum absolute atomic E-state index is 5.85. The van der Waals surface area contributed by atoms with Gasteiger partial charge in [0.25, 0.3) is 0 Å². The average molecular weight is 210 g/mol. The summed E-state index contributed by atoms with van der Waals surface area (Å²) < 4.78 is 0. The highest BCUT2D eigenvalue weighted by molar-refractivity contribution is 5.82. The second-order valence-corrected chi connectivity index (χ2v) is 3.59. The molecule has 2 heteroatoms. The van der Waals surface area contributed by atoms with Crippen LogP contribution in [0, 0.1) is 0 Å².